The summed E-state index contributed by atoms with van der Waals surface area (Å²) in [6.45, 7) is 2.31. The van der Waals surface area contributed by atoms with Crippen LogP contribution in [0.5, 0.6) is 17.2 Å². The van der Waals surface area contributed by atoms with Gasteiger partial charge in [0.25, 0.3) is 0 Å². The molecule has 0 spiro atoms. The second kappa shape index (κ2) is 7.79. The van der Waals surface area contributed by atoms with Gasteiger partial charge < -0.3 is 25.3 Å². The van der Waals surface area contributed by atoms with Crippen molar-refractivity contribution in [3.63, 3.8) is 0 Å². The first kappa shape index (κ1) is 14.6. The summed E-state index contributed by atoms with van der Waals surface area (Å²) in [5, 5.41) is 3.25. The van der Waals surface area contributed by atoms with Gasteiger partial charge in [-0.2, -0.15) is 0 Å². The molecule has 5 nitrogen and oxygen atoms in total. The summed E-state index contributed by atoms with van der Waals surface area (Å²) >= 11 is 0. The minimum Gasteiger partial charge on any atom is -0.496 e. The molecule has 0 aliphatic rings. The van der Waals surface area contributed by atoms with Crippen LogP contribution in [0.15, 0.2) is 12.1 Å². The highest BCUT2D eigenvalue weighted by molar-refractivity contribution is 5.50. The van der Waals surface area contributed by atoms with Gasteiger partial charge in [-0.3, -0.25) is 0 Å². The second-order valence-corrected chi connectivity index (χ2v) is 3.81. The van der Waals surface area contributed by atoms with Crippen LogP contribution in [-0.2, 0) is 6.42 Å². The van der Waals surface area contributed by atoms with Crippen LogP contribution in [0.1, 0.15) is 5.56 Å². The van der Waals surface area contributed by atoms with Crippen molar-refractivity contribution in [1.82, 2.24) is 5.32 Å². The zero-order valence-corrected chi connectivity index (χ0v) is 11.3. The summed E-state index contributed by atoms with van der Waals surface area (Å²) in [6.07, 6.45) is 0.851. The molecule has 0 aliphatic heterocycles. The summed E-state index contributed by atoms with van der Waals surface area (Å²) < 4.78 is 15.9. The first-order valence-corrected chi connectivity index (χ1v) is 5.96. The van der Waals surface area contributed by atoms with E-state index in [0.29, 0.717) is 18.0 Å². The molecule has 0 bridgehead atoms. The molecule has 0 radical (unpaired) electrons. The summed E-state index contributed by atoms with van der Waals surface area (Å²) in [6, 6.07) is 3.79. The van der Waals surface area contributed by atoms with E-state index in [1.807, 2.05) is 12.1 Å². The van der Waals surface area contributed by atoms with Crippen LogP contribution in [0.25, 0.3) is 0 Å². The SMILES string of the molecule is COc1cc(OC)c(OC)cc1CCNCCN. The van der Waals surface area contributed by atoms with Crippen molar-refractivity contribution in [3.05, 3.63) is 17.7 Å². The first-order chi connectivity index (χ1) is 8.76. The number of methoxy groups -OCH3 is 3. The van der Waals surface area contributed by atoms with Crippen LogP contribution >= 0.6 is 0 Å². The van der Waals surface area contributed by atoms with Crippen molar-refractivity contribution in [2.45, 2.75) is 6.42 Å². The minimum absolute atomic E-state index is 0.642. The molecule has 0 unspecified atom stereocenters. The van der Waals surface area contributed by atoms with E-state index in [1.165, 1.54) is 0 Å². The molecule has 0 saturated carbocycles. The Morgan fingerprint density at radius 3 is 2.11 bits per heavy atom. The van der Waals surface area contributed by atoms with E-state index < -0.39 is 0 Å². The van der Waals surface area contributed by atoms with E-state index in [-0.39, 0.29) is 0 Å². The lowest BCUT2D eigenvalue weighted by Crippen LogP contribution is -2.24. The second-order valence-electron chi connectivity index (χ2n) is 3.81. The smallest absolute Gasteiger partial charge is 0.164 e. The third-order valence-electron chi connectivity index (χ3n) is 2.68. The molecule has 1 rings (SSSR count). The molecular formula is C13H22N2O3. The van der Waals surface area contributed by atoms with Crippen molar-refractivity contribution in [3.8, 4) is 17.2 Å². The Balaban J connectivity index is 2.81. The van der Waals surface area contributed by atoms with Gasteiger partial charge in [0.15, 0.2) is 11.5 Å². The highest BCUT2D eigenvalue weighted by atomic mass is 16.5. The molecule has 0 fully saturated rings. The molecule has 0 aliphatic carbocycles. The summed E-state index contributed by atoms with van der Waals surface area (Å²) in [4.78, 5) is 0. The number of ether oxygens (including phenoxy) is 3. The van der Waals surface area contributed by atoms with Gasteiger partial charge in [0.1, 0.15) is 5.75 Å². The lowest BCUT2D eigenvalue weighted by molar-refractivity contribution is 0.347. The Kier molecular flexibility index (Phi) is 6.32. The fraction of sp³-hybridized carbons (Fsp3) is 0.538. The van der Waals surface area contributed by atoms with E-state index in [4.69, 9.17) is 19.9 Å². The minimum atomic E-state index is 0.642. The van der Waals surface area contributed by atoms with Crippen molar-refractivity contribution >= 4 is 0 Å². The molecule has 18 heavy (non-hydrogen) atoms. The maximum Gasteiger partial charge on any atom is 0.164 e. The van der Waals surface area contributed by atoms with Crippen molar-refractivity contribution in [1.29, 1.82) is 0 Å². The van der Waals surface area contributed by atoms with Gasteiger partial charge >= 0.3 is 0 Å². The molecule has 0 amide bonds. The van der Waals surface area contributed by atoms with Gasteiger partial charge in [0, 0.05) is 19.2 Å². The standard InChI is InChI=1S/C13H22N2O3/c1-16-11-9-13(18-3)12(17-2)8-10(11)4-6-15-7-5-14/h8-9,15H,4-7,14H2,1-3H3. The van der Waals surface area contributed by atoms with Gasteiger partial charge in [0.05, 0.1) is 21.3 Å². The lowest BCUT2D eigenvalue weighted by atomic mass is 10.1. The van der Waals surface area contributed by atoms with Crippen molar-refractivity contribution < 1.29 is 14.2 Å². The third kappa shape index (κ3) is 3.78. The third-order valence-corrected chi connectivity index (χ3v) is 2.68. The first-order valence-electron chi connectivity index (χ1n) is 5.96. The van der Waals surface area contributed by atoms with E-state index in [9.17, 15) is 0 Å². The number of rotatable bonds is 8. The maximum absolute atomic E-state index is 5.42. The maximum atomic E-state index is 5.42. The average Bonchev–Trinajstić information content (AvgIpc) is 2.42. The van der Waals surface area contributed by atoms with Crippen LogP contribution in [0.3, 0.4) is 0 Å². The molecule has 0 heterocycles. The van der Waals surface area contributed by atoms with Crippen LogP contribution in [0.4, 0.5) is 0 Å². The summed E-state index contributed by atoms with van der Waals surface area (Å²) in [5.74, 6) is 2.20. The monoisotopic (exact) mass is 254 g/mol. The van der Waals surface area contributed by atoms with Crippen LogP contribution in [0.2, 0.25) is 0 Å². The molecule has 5 heteroatoms. The van der Waals surface area contributed by atoms with Crippen LogP contribution < -0.4 is 25.3 Å². The van der Waals surface area contributed by atoms with Crippen LogP contribution in [-0.4, -0.2) is 41.0 Å². The van der Waals surface area contributed by atoms with Gasteiger partial charge in [-0.05, 0) is 24.6 Å². The zero-order chi connectivity index (χ0) is 13.4. The number of benzene rings is 1. The van der Waals surface area contributed by atoms with Gasteiger partial charge in [-0.25, -0.2) is 0 Å². The molecule has 1 aromatic rings. The number of hydrogen-bond acceptors (Lipinski definition) is 5. The number of nitrogens with two attached hydrogens (primary N) is 1. The average molecular weight is 254 g/mol. The van der Waals surface area contributed by atoms with E-state index in [2.05, 4.69) is 5.32 Å². The predicted molar refractivity (Wildman–Crippen MR) is 71.7 cm³/mol. The molecule has 1 aromatic carbocycles. The quantitative estimate of drug-likeness (QED) is 0.672. The molecule has 0 aromatic heterocycles. The fourth-order valence-electron chi connectivity index (χ4n) is 1.74. The lowest BCUT2D eigenvalue weighted by Gasteiger charge is -2.14. The predicted octanol–water partition coefficient (Wildman–Crippen LogP) is 0.803. The Labute approximate surface area is 108 Å². The van der Waals surface area contributed by atoms with Gasteiger partial charge in [0.2, 0.25) is 0 Å². The summed E-state index contributed by atoms with van der Waals surface area (Å²) in [7, 11) is 4.89. The molecule has 102 valence electrons. The zero-order valence-electron chi connectivity index (χ0n) is 11.3. The number of hydrogen-bond donors (Lipinski definition) is 2. The normalized spacial score (nSPS) is 10.2. The van der Waals surface area contributed by atoms with Gasteiger partial charge in [-0.1, -0.05) is 0 Å². The Hall–Kier alpha value is -1.46. The Bertz CT molecular complexity index is 369. The van der Waals surface area contributed by atoms with Crippen molar-refractivity contribution in [2.75, 3.05) is 41.0 Å². The summed E-state index contributed by atoms with van der Waals surface area (Å²) in [5.41, 5.74) is 6.51. The fourth-order valence-corrected chi connectivity index (χ4v) is 1.74. The van der Waals surface area contributed by atoms with Crippen LogP contribution in [0, 0.1) is 0 Å². The largest absolute Gasteiger partial charge is 0.496 e. The molecule has 0 atom stereocenters. The van der Waals surface area contributed by atoms with Gasteiger partial charge in [-0.15, -0.1) is 0 Å². The Morgan fingerprint density at radius 2 is 1.56 bits per heavy atom. The van der Waals surface area contributed by atoms with E-state index >= 15 is 0 Å². The topological polar surface area (TPSA) is 65.7 Å². The van der Waals surface area contributed by atoms with Crippen molar-refractivity contribution in [2.24, 2.45) is 5.73 Å². The van der Waals surface area contributed by atoms with E-state index in [1.54, 1.807) is 21.3 Å². The number of nitrogens with one attached hydrogen (secondary N) is 1. The Morgan fingerprint density at radius 1 is 0.944 bits per heavy atom. The molecule has 0 saturated heterocycles. The highest BCUT2D eigenvalue weighted by Crippen LogP contribution is 2.34. The highest BCUT2D eigenvalue weighted by Gasteiger charge is 2.11. The molecule has 3 N–H and O–H groups in total. The molecular weight excluding hydrogens is 232 g/mol. The van der Waals surface area contributed by atoms with E-state index in [0.717, 1.165) is 30.8 Å².